The van der Waals surface area contributed by atoms with Gasteiger partial charge in [0.25, 0.3) is 0 Å². The summed E-state index contributed by atoms with van der Waals surface area (Å²) in [5, 5.41) is 9.13. The topological polar surface area (TPSA) is 83.6 Å². The Kier molecular flexibility index (Phi) is 4.77. The first-order valence-electron chi connectivity index (χ1n) is 10.5. The predicted octanol–water partition coefficient (Wildman–Crippen LogP) is 2.59. The van der Waals surface area contributed by atoms with Crippen LogP contribution in [0, 0.1) is 11.6 Å². The number of carboxylic acids is 1. The van der Waals surface area contributed by atoms with Crippen LogP contribution in [0.25, 0.3) is 10.9 Å². The summed E-state index contributed by atoms with van der Waals surface area (Å²) in [7, 11) is 3.89. The van der Waals surface area contributed by atoms with Crippen molar-refractivity contribution in [3.05, 3.63) is 57.4 Å². The van der Waals surface area contributed by atoms with Crippen molar-refractivity contribution in [1.82, 2.24) is 19.0 Å². The molecule has 3 aromatic rings. The van der Waals surface area contributed by atoms with Gasteiger partial charge in [-0.25, -0.2) is 18.6 Å². The van der Waals surface area contributed by atoms with Gasteiger partial charge in [-0.2, -0.15) is 0 Å². The lowest BCUT2D eigenvalue weighted by molar-refractivity contribution is 0.0694. The Labute approximate surface area is 182 Å². The van der Waals surface area contributed by atoms with Crippen LogP contribution in [0.4, 0.5) is 14.5 Å². The maximum Gasteiger partial charge on any atom is 0.341 e. The number of carboxylic acid groups (broad SMARTS) is 1. The van der Waals surface area contributed by atoms with E-state index >= 15 is 8.78 Å². The van der Waals surface area contributed by atoms with Crippen molar-refractivity contribution in [3.8, 4) is 0 Å². The van der Waals surface area contributed by atoms with Gasteiger partial charge in [0, 0.05) is 38.1 Å². The first-order valence-corrected chi connectivity index (χ1v) is 10.5. The summed E-state index contributed by atoms with van der Waals surface area (Å²) in [6, 6.07) is 0.873. The van der Waals surface area contributed by atoms with Crippen LogP contribution >= 0.6 is 0 Å². The Hall–Kier alpha value is -3.27. The Morgan fingerprint density at radius 2 is 2.00 bits per heavy atom. The van der Waals surface area contributed by atoms with Crippen molar-refractivity contribution in [1.29, 1.82) is 0 Å². The van der Waals surface area contributed by atoms with Crippen LogP contribution in [0.2, 0.25) is 0 Å². The van der Waals surface area contributed by atoms with Gasteiger partial charge in [0.05, 0.1) is 23.1 Å². The first-order chi connectivity index (χ1) is 15.2. The summed E-state index contributed by atoms with van der Waals surface area (Å²) in [6.45, 7) is 1.80. The SMILES string of the molecule is CN(C)Cc1cn2c(n1)CN(c1c(F)cc3c(=O)c(C(=O)O)cn(C4CC4)c3c1F)CC2. The van der Waals surface area contributed by atoms with Crippen LogP contribution in [0.3, 0.4) is 0 Å². The lowest BCUT2D eigenvalue weighted by Gasteiger charge is -2.30. The third-order valence-corrected chi connectivity index (χ3v) is 6.00. The highest BCUT2D eigenvalue weighted by Crippen LogP contribution is 2.40. The molecule has 1 aliphatic carbocycles. The molecule has 3 heterocycles. The van der Waals surface area contributed by atoms with Gasteiger partial charge in [-0.05, 0) is 33.0 Å². The number of carbonyl (C=O) groups is 1. The molecule has 0 atom stereocenters. The van der Waals surface area contributed by atoms with E-state index < -0.39 is 28.6 Å². The quantitative estimate of drug-likeness (QED) is 0.653. The highest BCUT2D eigenvalue weighted by Gasteiger charge is 2.32. The average molecular weight is 443 g/mol. The monoisotopic (exact) mass is 443 g/mol. The normalized spacial score (nSPS) is 16.1. The molecule has 1 N–H and O–H groups in total. The smallest absolute Gasteiger partial charge is 0.341 e. The van der Waals surface area contributed by atoms with Crippen molar-refractivity contribution in [2.24, 2.45) is 0 Å². The minimum atomic E-state index is -1.41. The fourth-order valence-corrected chi connectivity index (χ4v) is 4.42. The fraction of sp³-hybridized carbons (Fsp3) is 0.409. The molecule has 0 amide bonds. The largest absolute Gasteiger partial charge is 0.477 e. The van der Waals surface area contributed by atoms with E-state index in [9.17, 15) is 14.7 Å². The zero-order valence-electron chi connectivity index (χ0n) is 17.8. The minimum absolute atomic E-state index is 0.0406. The van der Waals surface area contributed by atoms with Crippen molar-refractivity contribution >= 4 is 22.6 Å². The molecule has 168 valence electrons. The molecule has 1 aliphatic heterocycles. The number of aromatic nitrogens is 3. The van der Waals surface area contributed by atoms with Crippen LogP contribution in [0.5, 0.6) is 0 Å². The van der Waals surface area contributed by atoms with E-state index in [1.54, 1.807) is 4.90 Å². The second-order valence-corrected chi connectivity index (χ2v) is 8.73. The number of hydrogen-bond acceptors (Lipinski definition) is 5. The van der Waals surface area contributed by atoms with Crippen molar-refractivity contribution in [2.45, 2.75) is 38.5 Å². The number of hydrogen-bond donors (Lipinski definition) is 1. The van der Waals surface area contributed by atoms with Crippen LogP contribution in [-0.2, 0) is 19.6 Å². The fourth-order valence-electron chi connectivity index (χ4n) is 4.42. The lowest BCUT2D eigenvalue weighted by atomic mass is 10.1. The van der Waals surface area contributed by atoms with E-state index in [-0.39, 0.29) is 29.2 Å². The highest BCUT2D eigenvalue weighted by atomic mass is 19.1. The molecule has 2 aromatic heterocycles. The zero-order chi connectivity index (χ0) is 22.7. The Balaban J connectivity index is 1.62. The highest BCUT2D eigenvalue weighted by molar-refractivity contribution is 5.94. The van der Waals surface area contributed by atoms with Gasteiger partial charge >= 0.3 is 5.97 Å². The second-order valence-electron chi connectivity index (χ2n) is 8.73. The molecule has 1 fully saturated rings. The van der Waals surface area contributed by atoms with Crippen LogP contribution in [-0.4, -0.2) is 50.7 Å². The van der Waals surface area contributed by atoms with Gasteiger partial charge in [-0.15, -0.1) is 0 Å². The lowest BCUT2D eigenvalue weighted by Crippen LogP contribution is -2.35. The maximum atomic E-state index is 15.8. The molecule has 8 nitrogen and oxygen atoms in total. The van der Waals surface area contributed by atoms with E-state index in [0.717, 1.165) is 24.6 Å². The number of nitrogens with zero attached hydrogens (tertiary/aromatic N) is 5. The van der Waals surface area contributed by atoms with Crippen LogP contribution in [0.15, 0.2) is 23.3 Å². The van der Waals surface area contributed by atoms with E-state index in [2.05, 4.69) is 4.98 Å². The van der Waals surface area contributed by atoms with E-state index in [0.29, 0.717) is 25.5 Å². The summed E-state index contributed by atoms with van der Waals surface area (Å²) < 4.78 is 34.5. The van der Waals surface area contributed by atoms with Gasteiger partial charge < -0.3 is 24.0 Å². The first kappa shape index (κ1) is 20.6. The number of halogens is 2. The summed E-state index contributed by atoms with van der Waals surface area (Å²) in [5.41, 5.74) is -0.727. The molecule has 0 unspecified atom stereocenters. The molecule has 2 aliphatic rings. The van der Waals surface area contributed by atoms with Crippen LogP contribution in [0.1, 0.15) is 40.8 Å². The Bertz CT molecular complexity index is 1310. The number of aromatic carboxylic acids is 1. The van der Waals surface area contributed by atoms with Gasteiger partial charge in [0.1, 0.15) is 22.9 Å². The van der Waals surface area contributed by atoms with Crippen LogP contribution < -0.4 is 10.3 Å². The van der Waals surface area contributed by atoms with Gasteiger partial charge in [-0.3, -0.25) is 4.79 Å². The van der Waals surface area contributed by atoms with Crippen molar-refractivity contribution in [3.63, 3.8) is 0 Å². The molecule has 0 bridgehead atoms. The second kappa shape index (κ2) is 7.40. The van der Waals surface area contributed by atoms with E-state index in [4.69, 9.17) is 0 Å². The number of rotatable bonds is 5. The number of imidazole rings is 1. The molecule has 0 saturated heterocycles. The Morgan fingerprint density at radius 3 is 2.66 bits per heavy atom. The molecule has 10 heteroatoms. The molecule has 1 saturated carbocycles. The van der Waals surface area contributed by atoms with E-state index in [1.165, 1.54) is 10.8 Å². The number of anilines is 1. The van der Waals surface area contributed by atoms with Gasteiger partial charge in [0.2, 0.25) is 5.43 Å². The molecular weight excluding hydrogens is 420 g/mol. The maximum absolute atomic E-state index is 15.8. The standard InChI is InChI=1S/C22H23F2N5O3/c1-26(2)8-12-9-27-5-6-28(11-17(27)25-12)20-16(23)7-14-19(18(20)24)29(13-3-4-13)10-15(21(14)30)22(31)32/h7,9-10,13H,3-6,8,11H2,1-2H3,(H,31,32). The number of pyridine rings is 1. The van der Waals surface area contributed by atoms with Crippen molar-refractivity contribution < 1.29 is 18.7 Å². The Morgan fingerprint density at radius 1 is 1.25 bits per heavy atom. The summed E-state index contributed by atoms with van der Waals surface area (Å²) in [4.78, 5) is 32.4. The molecule has 0 spiro atoms. The number of fused-ring (bicyclic) bond motifs is 2. The summed E-state index contributed by atoms with van der Waals surface area (Å²) in [6.07, 6.45) is 4.64. The summed E-state index contributed by atoms with van der Waals surface area (Å²) in [5.74, 6) is -2.42. The molecule has 5 rings (SSSR count). The van der Waals surface area contributed by atoms with Gasteiger partial charge in [-0.1, -0.05) is 0 Å². The molecule has 1 aromatic carbocycles. The average Bonchev–Trinajstić information content (AvgIpc) is 3.48. The van der Waals surface area contributed by atoms with E-state index in [1.807, 2.05) is 29.8 Å². The van der Waals surface area contributed by atoms with Gasteiger partial charge in [0.15, 0.2) is 5.82 Å². The summed E-state index contributed by atoms with van der Waals surface area (Å²) >= 11 is 0. The third-order valence-electron chi connectivity index (χ3n) is 6.00. The molecular formula is C22H23F2N5O3. The number of benzene rings is 1. The minimum Gasteiger partial charge on any atom is -0.477 e. The molecule has 0 radical (unpaired) electrons. The predicted molar refractivity (Wildman–Crippen MR) is 114 cm³/mol. The zero-order valence-corrected chi connectivity index (χ0v) is 17.8. The third kappa shape index (κ3) is 3.35. The van der Waals surface area contributed by atoms with Crippen molar-refractivity contribution in [2.75, 3.05) is 25.5 Å². The molecule has 32 heavy (non-hydrogen) atoms.